The average molecular weight is 297 g/mol. The standard InChI is InChI=1S/C8H11AsN2O4.Na/c10-8(12)5-11-7-3-1-6(2-4-7)9(13,14)15;/h1-4,11H,5H2,(H2,10,12)(H2,13,14,15);. The summed E-state index contributed by atoms with van der Waals surface area (Å²) >= 11 is -4.80. The Morgan fingerprint density at radius 2 is 1.81 bits per heavy atom. The summed E-state index contributed by atoms with van der Waals surface area (Å²) in [5.41, 5.74) is 5.50. The summed E-state index contributed by atoms with van der Waals surface area (Å²) in [5.74, 6) is -0.502. The molecule has 0 saturated heterocycles. The average Bonchev–Trinajstić information content (AvgIpc) is 2.14. The van der Waals surface area contributed by atoms with Crippen LogP contribution in [0.5, 0.6) is 0 Å². The molecule has 6 nitrogen and oxygen atoms in total. The van der Waals surface area contributed by atoms with E-state index in [9.17, 15) is 8.53 Å². The Hall–Kier alpha value is -0.232. The number of hydrogen-bond acceptors (Lipinski definition) is 3. The maximum Gasteiger partial charge on any atom is 0 e. The van der Waals surface area contributed by atoms with E-state index < -0.39 is 20.1 Å². The quantitative estimate of drug-likeness (QED) is 0.470. The number of anilines is 1. The SMILES string of the molecule is NC(=O)CNc1ccc([As](=O)(O)O)cc1.[Na]. The van der Waals surface area contributed by atoms with Gasteiger partial charge in [-0.15, -0.1) is 0 Å². The van der Waals surface area contributed by atoms with E-state index in [1.54, 1.807) is 0 Å². The second kappa shape index (κ2) is 6.49. The van der Waals surface area contributed by atoms with Crippen LogP contribution in [0.25, 0.3) is 0 Å². The molecule has 16 heavy (non-hydrogen) atoms. The van der Waals surface area contributed by atoms with E-state index in [1.807, 2.05) is 0 Å². The first-order valence-corrected chi connectivity index (χ1v) is 7.46. The first-order chi connectivity index (χ1) is 6.89. The van der Waals surface area contributed by atoms with Gasteiger partial charge in [0.15, 0.2) is 0 Å². The topological polar surface area (TPSA) is 113 Å². The molecule has 1 amide bonds. The molecule has 0 atom stereocenters. The summed E-state index contributed by atoms with van der Waals surface area (Å²) in [7, 11) is 0. The molecule has 1 aromatic carbocycles. The number of primary amides is 1. The number of nitrogens with two attached hydrogens (primary N) is 1. The number of rotatable bonds is 4. The van der Waals surface area contributed by atoms with Gasteiger partial charge in [-0.25, -0.2) is 0 Å². The Kier molecular flexibility index (Phi) is 6.40. The zero-order valence-electron chi connectivity index (χ0n) is 8.75. The second-order valence-electron chi connectivity index (χ2n) is 2.91. The maximum absolute atomic E-state index is 10.9. The molecule has 0 aliphatic carbocycles. The Morgan fingerprint density at radius 3 is 2.19 bits per heavy atom. The largest absolute Gasteiger partial charge is 0 e. The summed E-state index contributed by atoms with van der Waals surface area (Å²) in [6.07, 6.45) is 0. The molecule has 0 spiro atoms. The van der Waals surface area contributed by atoms with Gasteiger partial charge in [-0.2, -0.15) is 0 Å². The van der Waals surface area contributed by atoms with E-state index in [0.29, 0.717) is 5.69 Å². The second-order valence-corrected chi connectivity index (χ2v) is 6.28. The smallest absolute Gasteiger partial charge is 0 e. The molecule has 1 rings (SSSR count). The fraction of sp³-hybridized carbons (Fsp3) is 0.125. The van der Waals surface area contributed by atoms with Crippen molar-refractivity contribution in [1.82, 2.24) is 0 Å². The Labute approximate surface area is 118 Å². The van der Waals surface area contributed by atoms with Crippen molar-refractivity contribution in [3.8, 4) is 0 Å². The van der Waals surface area contributed by atoms with Crippen LogP contribution in [0.2, 0.25) is 0 Å². The van der Waals surface area contributed by atoms with Crippen LogP contribution in [-0.4, -0.2) is 64.4 Å². The minimum absolute atomic E-state index is 0. The van der Waals surface area contributed by atoms with Crippen LogP contribution in [0.1, 0.15) is 0 Å². The molecule has 0 heterocycles. The molecule has 1 radical (unpaired) electrons. The fourth-order valence-corrected chi connectivity index (χ4v) is 2.09. The van der Waals surface area contributed by atoms with E-state index in [-0.39, 0.29) is 40.5 Å². The Bertz CT molecular complexity index is 403. The molecular formula is C8H11AsN2NaO4. The van der Waals surface area contributed by atoms with E-state index in [4.69, 9.17) is 13.9 Å². The van der Waals surface area contributed by atoms with Gasteiger partial charge in [-0.05, 0) is 0 Å². The van der Waals surface area contributed by atoms with Gasteiger partial charge in [0.05, 0.1) is 0 Å². The van der Waals surface area contributed by atoms with Crippen LogP contribution in [0.15, 0.2) is 24.3 Å². The van der Waals surface area contributed by atoms with Crippen molar-refractivity contribution in [2.24, 2.45) is 5.73 Å². The molecule has 0 bridgehead atoms. The molecule has 0 aliphatic rings. The van der Waals surface area contributed by atoms with Crippen LogP contribution in [0.4, 0.5) is 5.69 Å². The van der Waals surface area contributed by atoms with Gasteiger partial charge >= 0.3 is 88.7 Å². The Balaban J connectivity index is 0.00000225. The monoisotopic (exact) mass is 297 g/mol. The zero-order chi connectivity index (χ0) is 11.5. The molecule has 0 saturated carbocycles. The number of benzene rings is 1. The van der Waals surface area contributed by atoms with Gasteiger partial charge in [-0.1, -0.05) is 0 Å². The van der Waals surface area contributed by atoms with E-state index in [0.717, 1.165) is 0 Å². The maximum atomic E-state index is 10.9. The predicted molar refractivity (Wildman–Crippen MR) is 60.4 cm³/mol. The van der Waals surface area contributed by atoms with Crippen LogP contribution < -0.4 is 15.4 Å². The van der Waals surface area contributed by atoms with Crippen LogP contribution >= 0.6 is 0 Å². The van der Waals surface area contributed by atoms with Crippen molar-refractivity contribution in [3.05, 3.63) is 24.3 Å². The zero-order valence-corrected chi connectivity index (χ0v) is 12.6. The van der Waals surface area contributed by atoms with Gasteiger partial charge < -0.3 is 0 Å². The van der Waals surface area contributed by atoms with E-state index in [1.165, 1.54) is 24.3 Å². The third-order valence-corrected chi connectivity index (χ3v) is 3.71. The Morgan fingerprint density at radius 1 is 1.31 bits per heavy atom. The number of hydrogen-bond donors (Lipinski definition) is 4. The van der Waals surface area contributed by atoms with Crippen LogP contribution in [-0.2, 0) is 8.53 Å². The molecule has 8 heteroatoms. The normalized spacial score (nSPS) is 10.4. The van der Waals surface area contributed by atoms with Crippen molar-refractivity contribution in [1.29, 1.82) is 0 Å². The molecule has 0 aliphatic heterocycles. The summed E-state index contributed by atoms with van der Waals surface area (Å²) < 4.78 is 28.6. The fourth-order valence-electron chi connectivity index (χ4n) is 0.963. The van der Waals surface area contributed by atoms with Gasteiger partial charge in [0.2, 0.25) is 0 Å². The van der Waals surface area contributed by atoms with Gasteiger partial charge in [0.25, 0.3) is 0 Å². The van der Waals surface area contributed by atoms with E-state index in [2.05, 4.69) is 5.32 Å². The molecular weight excluding hydrogens is 286 g/mol. The number of nitrogens with one attached hydrogen (secondary N) is 1. The summed E-state index contributed by atoms with van der Waals surface area (Å²) in [6.45, 7) is -0.0136. The van der Waals surface area contributed by atoms with Crippen molar-refractivity contribution in [3.63, 3.8) is 0 Å². The summed E-state index contributed by atoms with van der Waals surface area (Å²) in [5, 5.41) is 2.70. The van der Waals surface area contributed by atoms with Gasteiger partial charge in [-0.3, -0.25) is 0 Å². The third kappa shape index (κ3) is 5.20. The minimum Gasteiger partial charge on any atom is 0 e. The molecule has 0 aromatic heterocycles. The summed E-state index contributed by atoms with van der Waals surface area (Å²) in [4.78, 5) is 10.4. The summed E-state index contributed by atoms with van der Waals surface area (Å²) in [6, 6.07) is 5.62. The first kappa shape index (κ1) is 15.8. The first-order valence-electron chi connectivity index (χ1n) is 4.08. The van der Waals surface area contributed by atoms with Gasteiger partial charge in [0, 0.05) is 29.6 Å². The van der Waals surface area contributed by atoms with Crippen LogP contribution in [0, 0.1) is 0 Å². The van der Waals surface area contributed by atoms with Crippen molar-refractivity contribution < 1.29 is 16.7 Å². The van der Waals surface area contributed by atoms with E-state index >= 15 is 0 Å². The number of amides is 1. The molecule has 0 fully saturated rings. The van der Waals surface area contributed by atoms with Crippen molar-refractivity contribution >= 4 is 59.7 Å². The third-order valence-electron chi connectivity index (χ3n) is 1.67. The molecule has 1 aromatic rings. The van der Waals surface area contributed by atoms with Crippen LogP contribution in [0.3, 0.4) is 0 Å². The number of carbonyl (C=O) groups excluding carboxylic acids is 1. The van der Waals surface area contributed by atoms with Crippen molar-refractivity contribution in [2.45, 2.75) is 0 Å². The van der Waals surface area contributed by atoms with Gasteiger partial charge in [0.1, 0.15) is 0 Å². The molecule has 5 N–H and O–H groups in total. The predicted octanol–water partition coefficient (Wildman–Crippen LogP) is -2.24. The minimum atomic E-state index is -4.80. The van der Waals surface area contributed by atoms with Crippen molar-refractivity contribution in [2.75, 3.05) is 11.9 Å². The molecule has 83 valence electrons. The number of carbonyl (C=O) groups is 1. The molecule has 0 unspecified atom stereocenters.